The zero-order chi connectivity index (χ0) is 20.2. The van der Waals surface area contributed by atoms with E-state index >= 15 is 0 Å². The van der Waals surface area contributed by atoms with Crippen LogP contribution < -0.4 is 16.0 Å². The third-order valence-electron chi connectivity index (χ3n) is 5.85. The van der Waals surface area contributed by atoms with Gasteiger partial charge in [-0.1, -0.05) is 18.1 Å². The predicted molar refractivity (Wildman–Crippen MR) is 110 cm³/mol. The van der Waals surface area contributed by atoms with E-state index in [0.29, 0.717) is 16.9 Å². The van der Waals surface area contributed by atoms with Crippen LogP contribution in [0.2, 0.25) is 0 Å². The fourth-order valence-electron chi connectivity index (χ4n) is 4.10. The van der Waals surface area contributed by atoms with Gasteiger partial charge in [0.1, 0.15) is 0 Å². The molecule has 1 saturated heterocycles. The molecule has 0 radical (unpaired) electrons. The normalized spacial score (nSPS) is 18.0. The molecule has 0 spiro atoms. The number of benzene rings is 1. The molecule has 3 N–H and O–H groups in total. The maximum atomic E-state index is 12.6. The Bertz CT molecular complexity index is 881. The first kappa shape index (κ1) is 19.6. The number of amides is 2. The SMILES string of the molecule is Cc1cc(C(=O)NC2CCCC2)ccc1NC(=O)c1cn(C2CCNCC2)nn1. The maximum Gasteiger partial charge on any atom is 0.277 e. The van der Waals surface area contributed by atoms with Crippen LogP contribution in [-0.4, -0.2) is 45.9 Å². The molecule has 2 heterocycles. The fourth-order valence-corrected chi connectivity index (χ4v) is 4.10. The second-order valence-electron chi connectivity index (χ2n) is 8.00. The van der Waals surface area contributed by atoms with Crippen LogP contribution in [0.15, 0.2) is 24.4 Å². The molecule has 0 atom stereocenters. The number of rotatable bonds is 5. The fraction of sp³-hybridized carbons (Fsp3) is 0.524. The van der Waals surface area contributed by atoms with Gasteiger partial charge in [0.05, 0.1) is 12.2 Å². The second kappa shape index (κ2) is 8.73. The van der Waals surface area contributed by atoms with Gasteiger partial charge < -0.3 is 16.0 Å². The van der Waals surface area contributed by atoms with E-state index in [1.165, 1.54) is 12.8 Å². The number of hydrogen-bond acceptors (Lipinski definition) is 5. The van der Waals surface area contributed by atoms with Gasteiger partial charge in [-0.2, -0.15) is 0 Å². The molecule has 1 saturated carbocycles. The topological polar surface area (TPSA) is 101 Å². The molecule has 2 aromatic rings. The number of aromatic nitrogens is 3. The van der Waals surface area contributed by atoms with Crippen molar-refractivity contribution in [3.8, 4) is 0 Å². The number of nitrogens with zero attached hydrogens (tertiary/aromatic N) is 3. The summed E-state index contributed by atoms with van der Waals surface area (Å²) in [7, 11) is 0. The molecule has 1 aromatic heterocycles. The maximum absolute atomic E-state index is 12.6. The van der Waals surface area contributed by atoms with Crippen molar-refractivity contribution in [2.75, 3.05) is 18.4 Å². The molecule has 1 aliphatic heterocycles. The molecule has 154 valence electrons. The molecule has 1 aliphatic carbocycles. The van der Waals surface area contributed by atoms with E-state index in [4.69, 9.17) is 0 Å². The van der Waals surface area contributed by atoms with Crippen LogP contribution >= 0.6 is 0 Å². The van der Waals surface area contributed by atoms with Gasteiger partial charge in [0, 0.05) is 17.3 Å². The summed E-state index contributed by atoms with van der Waals surface area (Å²) in [4.78, 5) is 25.0. The van der Waals surface area contributed by atoms with Crippen LogP contribution in [0.5, 0.6) is 0 Å². The van der Waals surface area contributed by atoms with Gasteiger partial charge in [-0.25, -0.2) is 4.68 Å². The lowest BCUT2D eigenvalue weighted by atomic mass is 10.1. The Morgan fingerprint density at radius 2 is 1.86 bits per heavy atom. The largest absolute Gasteiger partial charge is 0.349 e. The van der Waals surface area contributed by atoms with Crippen LogP contribution in [0.4, 0.5) is 5.69 Å². The highest BCUT2D eigenvalue weighted by atomic mass is 16.2. The van der Waals surface area contributed by atoms with Gasteiger partial charge in [-0.3, -0.25) is 9.59 Å². The van der Waals surface area contributed by atoms with Gasteiger partial charge in [-0.05, 0) is 69.5 Å². The van der Waals surface area contributed by atoms with Crippen LogP contribution in [0.25, 0.3) is 0 Å². The van der Waals surface area contributed by atoms with Crippen molar-refractivity contribution < 1.29 is 9.59 Å². The quantitative estimate of drug-likeness (QED) is 0.721. The molecule has 29 heavy (non-hydrogen) atoms. The Morgan fingerprint density at radius 1 is 1.10 bits per heavy atom. The average Bonchev–Trinajstić information content (AvgIpc) is 3.42. The highest BCUT2D eigenvalue weighted by molar-refractivity contribution is 6.03. The Kier molecular flexibility index (Phi) is 5.89. The number of hydrogen-bond donors (Lipinski definition) is 3. The van der Waals surface area contributed by atoms with E-state index in [0.717, 1.165) is 44.3 Å². The van der Waals surface area contributed by atoms with Crippen molar-refractivity contribution >= 4 is 17.5 Å². The second-order valence-corrected chi connectivity index (χ2v) is 8.00. The van der Waals surface area contributed by atoms with E-state index in [1.807, 2.05) is 13.0 Å². The summed E-state index contributed by atoms with van der Waals surface area (Å²) in [6, 6.07) is 5.90. The minimum Gasteiger partial charge on any atom is -0.349 e. The number of carbonyl (C=O) groups is 2. The monoisotopic (exact) mass is 396 g/mol. The standard InChI is InChI=1S/C21H28N6O2/c1-14-12-15(20(28)23-16-4-2-3-5-16)6-7-18(14)24-21(29)19-13-27(26-25-19)17-8-10-22-11-9-17/h6-7,12-13,16-17,22H,2-5,8-11H2,1H3,(H,23,28)(H,24,29). The average molecular weight is 396 g/mol. The highest BCUT2D eigenvalue weighted by Crippen LogP contribution is 2.21. The van der Waals surface area contributed by atoms with Gasteiger partial charge >= 0.3 is 0 Å². The lowest BCUT2D eigenvalue weighted by Gasteiger charge is -2.22. The van der Waals surface area contributed by atoms with Gasteiger partial charge in [-0.15, -0.1) is 5.10 Å². The van der Waals surface area contributed by atoms with Gasteiger partial charge in [0.15, 0.2) is 5.69 Å². The number of aryl methyl sites for hydroxylation is 1. The van der Waals surface area contributed by atoms with Crippen molar-refractivity contribution in [3.63, 3.8) is 0 Å². The van der Waals surface area contributed by atoms with Crippen molar-refractivity contribution in [1.29, 1.82) is 0 Å². The lowest BCUT2D eigenvalue weighted by Crippen LogP contribution is -2.32. The molecule has 8 heteroatoms. The van der Waals surface area contributed by atoms with Gasteiger partial charge in [0.25, 0.3) is 11.8 Å². The van der Waals surface area contributed by atoms with E-state index in [2.05, 4.69) is 26.3 Å². The zero-order valence-electron chi connectivity index (χ0n) is 16.8. The molecule has 0 unspecified atom stereocenters. The third-order valence-corrected chi connectivity index (χ3v) is 5.85. The number of nitrogens with one attached hydrogen (secondary N) is 3. The summed E-state index contributed by atoms with van der Waals surface area (Å²) in [6.07, 6.45) is 8.13. The summed E-state index contributed by atoms with van der Waals surface area (Å²) in [6.45, 7) is 3.78. The summed E-state index contributed by atoms with van der Waals surface area (Å²) in [5.74, 6) is -0.348. The lowest BCUT2D eigenvalue weighted by molar-refractivity contribution is 0.0937. The Morgan fingerprint density at radius 3 is 2.59 bits per heavy atom. The Labute approximate surface area is 170 Å². The zero-order valence-corrected chi connectivity index (χ0v) is 16.8. The molecular weight excluding hydrogens is 368 g/mol. The van der Waals surface area contributed by atoms with Crippen molar-refractivity contribution in [2.45, 2.75) is 57.5 Å². The molecule has 2 aliphatic rings. The van der Waals surface area contributed by atoms with Gasteiger partial charge in [0.2, 0.25) is 0 Å². The first-order valence-corrected chi connectivity index (χ1v) is 10.5. The molecule has 2 fully saturated rings. The molecule has 0 bridgehead atoms. The number of anilines is 1. The van der Waals surface area contributed by atoms with Crippen molar-refractivity contribution in [1.82, 2.24) is 25.6 Å². The van der Waals surface area contributed by atoms with E-state index in [-0.39, 0.29) is 23.9 Å². The van der Waals surface area contributed by atoms with E-state index in [1.54, 1.807) is 23.0 Å². The number of piperidine rings is 1. The van der Waals surface area contributed by atoms with Crippen LogP contribution in [0, 0.1) is 6.92 Å². The van der Waals surface area contributed by atoms with Crippen LogP contribution in [0.1, 0.15) is 71.0 Å². The Hall–Kier alpha value is -2.74. The minimum atomic E-state index is -0.295. The molecular formula is C21H28N6O2. The minimum absolute atomic E-state index is 0.0530. The van der Waals surface area contributed by atoms with Crippen molar-refractivity contribution in [2.24, 2.45) is 0 Å². The predicted octanol–water partition coefficient (Wildman–Crippen LogP) is 2.44. The summed E-state index contributed by atoms with van der Waals surface area (Å²) in [5.41, 5.74) is 2.42. The Balaban J connectivity index is 1.39. The van der Waals surface area contributed by atoms with Crippen molar-refractivity contribution in [3.05, 3.63) is 41.2 Å². The smallest absolute Gasteiger partial charge is 0.277 e. The first-order chi connectivity index (χ1) is 14.1. The summed E-state index contributed by atoms with van der Waals surface area (Å²) < 4.78 is 1.79. The van der Waals surface area contributed by atoms with Crippen LogP contribution in [-0.2, 0) is 0 Å². The molecule has 8 nitrogen and oxygen atoms in total. The van der Waals surface area contributed by atoms with E-state index < -0.39 is 0 Å². The number of carbonyl (C=O) groups excluding carboxylic acids is 2. The summed E-state index contributed by atoms with van der Waals surface area (Å²) in [5, 5.41) is 17.5. The highest BCUT2D eigenvalue weighted by Gasteiger charge is 2.20. The third kappa shape index (κ3) is 4.64. The molecule has 2 amide bonds. The van der Waals surface area contributed by atoms with E-state index in [9.17, 15) is 9.59 Å². The first-order valence-electron chi connectivity index (χ1n) is 10.5. The summed E-state index contributed by atoms with van der Waals surface area (Å²) >= 11 is 0. The molecule has 4 rings (SSSR count). The molecule has 1 aromatic carbocycles. The van der Waals surface area contributed by atoms with Crippen LogP contribution in [0.3, 0.4) is 0 Å².